The third-order valence-corrected chi connectivity index (χ3v) is 11.6. The number of carbonyl (C=O) groups excluding carboxylic acids is 1. The number of carbonyl (C=O) groups is 1. The molecule has 1 spiro atoms. The van der Waals surface area contributed by atoms with E-state index in [9.17, 15) is 4.79 Å². The van der Waals surface area contributed by atoms with E-state index < -0.39 is 0 Å². The van der Waals surface area contributed by atoms with Crippen LogP contribution in [0, 0.1) is 23.7 Å². The van der Waals surface area contributed by atoms with Gasteiger partial charge in [-0.05, 0) is 48.3 Å². The lowest BCUT2D eigenvalue weighted by Gasteiger charge is -2.40. The molecule has 1 aromatic carbocycles. The van der Waals surface area contributed by atoms with Gasteiger partial charge in [-0.3, -0.25) is 9.69 Å². The van der Waals surface area contributed by atoms with E-state index in [1.165, 1.54) is 12.0 Å². The number of ether oxygens (including phenoxy) is 1. The Labute approximate surface area is 212 Å². The number of furan rings is 1. The van der Waals surface area contributed by atoms with Crippen LogP contribution in [0.4, 0.5) is 0 Å². The minimum atomic E-state index is -0.308. The Morgan fingerprint density at radius 3 is 2.59 bits per heavy atom. The molecule has 1 aliphatic carbocycles. The van der Waals surface area contributed by atoms with Crippen molar-refractivity contribution in [1.82, 2.24) is 4.90 Å². The molecule has 184 valence electrons. The smallest absolute Gasteiger partial charge is 0.313 e. The first kappa shape index (κ1) is 24.3. The summed E-state index contributed by atoms with van der Waals surface area (Å²) < 4.78 is 12.1. The maximum atomic E-state index is 14.1. The average molecular weight is 500 g/mol. The molecule has 4 nitrogen and oxygen atoms in total. The SMILES string of the molecule is CC(C)[C@H]1CC[C@H](C)C[C@@H]1OC(=O)[C@H]1[C@H](c2ccco2)CN(Cc2ccccc2)C12SCCS2. The molecule has 0 radical (unpaired) electrons. The molecule has 5 rings (SSSR count). The van der Waals surface area contributed by atoms with Crippen LogP contribution >= 0.6 is 23.5 Å². The largest absolute Gasteiger partial charge is 0.469 e. The molecule has 1 saturated carbocycles. The predicted molar refractivity (Wildman–Crippen MR) is 141 cm³/mol. The van der Waals surface area contributed by atoms with Crippen LogP contribution in [0.15, 0.2) is 53.1 Å². The van der Waals surface area contributed by atoms with Crippen molar-refractivity contribution in [3.8, 4) is 0 Å². The van der Waals surface area contributed by atoms with Gasteiger partial charge in [-0.1, -0.05) is 57.5 Å². The van der Waals surface area contributed by atoms with E-state index in [-0.39, 0.29) is 28.1 Å². The Morgan fingerprint density at radius 2 is 1.91 bits per heavy atom. The minimum absolute atomic E-state index is 0.00262. The van der Waals surface area contributed by atoms with Gasteiger partial charge in [-0.2, -0.15) is 0 Å². The molecule has 6 heteroatoms. The summed E-state index contributed by atoms with van der Waals surface area (Å²) in [6.45, 7) is 8.47. The highest BCUT2D eigenvalue weighted by molar-refractivity contribution is 8.21. The third kappa shape index (κ3) is 4.70. The van der Waals surface area contributed by atoms with Crippen molar-refractivity contribution in [1.29, 1.82) is 0 Å². The van der Waals surface area contributed by atoms with Gasteiger partial charge in [0.15, 0.2) is 0 Å². The van der Waals surface area contributed by atoms with Crippen molar-refractivity contribution >= 4 is 29.5 Å². The van der Waals surface area contributed by atoms with Gasteiger partial charge in [0, 0.05) is 30.5 Å². The molecule has 1 aromatic heterocycles. The fraction of sp³-hybridized carbons (Fsp3) is 0.607. The lowest BCUT2D eigenvalue weighted by atomic mass is 9.75. The van der Waals surface area contributed by atoms with Gasteiger partial charge in [-0.15, -0.1) is 23.5 Å². The molecule has 0 N–H and O–H groups in total. The van der Waals surface area contributed by atoms with Gasteiger partial charge >= 0.3 is 5.97 Å². The summed E-state index contributed by atoms with van der Waals surface area (Å²) in [6, 6.07) is 14.6. The van der Waals surface area contributed by atoms with Crippen molar-refractivity contribution in [2.24, 2.45) is 23.7 Å². The van der Waals surface area contributed by atoms with E-state index in [0.717, 1.165) is 43.2 Å². The Kier molecular flexibility index (Phi) is 7.38. The first-order valence-corrected chi connectivity index (χ1v) is 14.8. The molecule has 3 fully saturated rings. The standard InChI is InChI=1S/C28H37NO3S2/c1-19(2)22-12-11-20(3)16-25(22)32-27(30)26-23(24-10-7-13-31-24)18-29(28(26)33-14-15-34-28)17-21-8-5-4-6-9-21/h4-10,13,19-20,22-23,25-26H,11-12,14-18H2,1-3H3/t20-,22+,23-,25-,26+/m0/s1. The zero-order valence-corrected chi connectivity index (χ0v) is 22.2. The molecule has 5 atom stereocenters. The average Bonchev–Trinajstić information content (AvgIpc) is 3.57. The van der Waals surface area contributed by atoms with Crippen molar-refractivity contribution in [2.45, 2.75) is 62.8 Å². The van der Waals surface area contributed by atoms with E-state index in [1.54, 1.807) is 6.26 Å². The number of nitrogens with zero attached hydrogens (tertiary/aromatic N) is 1. The summed E-state index contributed by atoms with van der Waals surface area (Å²) in [7, 11) is 0. The first-order valence-electron chi connectivity index (χ1n) is 12.8. The van der Waals surface area contributed by atoms with Crippen molar-refractivity contribution in [2.75, 3.05) is 18.1 Å². The van der Waals surface area contributed by atoms with Gasteiger partial charge in [0.05, 0.1) is 6.26 Å². The molecule has 2 aliphatic heterocycles. The van der Waals surface area contributed by atoms with E-state index in [2.05, 4.69) is 56.0 Å². The number of benzene rings is 1. The molecule has 2 saturated heterocycles. The topological polar surface area (TPSA) is 42.7 Å². The van der Waals surface area contributed by atoms with Crippen molar-refractivity contribution in [3.05, 3.63) is 60.1 Å². The summed E-state index contributed by atoms with van der Waals surface area (Å²) >= 11 is 3.87. The quantitative estimate of drug-likeness (QED) is 0.416. The van der Waals surface area contributed by atoms with Crippen LogP contribution in [0.1, 0.15) is 57.3 Å². The molecule has 34 heavy (non-hydrogen) atoms. The Bertz CT molecular complexity index is 942. The maximum Gasteiger partial charge on any atom is 0.313 e. The number of esters is 1. The fourth-order valence-corrected chi connectivity index (χ4v) is 9.83. The molecular weight excluding hydrogens is 462 g/mol. The number of rotatable bonds is 6. The van der Waals surface area contributed by atoms with Gasteiger partial charge in [0.25, 0.3) is 0 Å². The molecule has 0 unspecified atom stereocenters. The summed E-state index contributed by atoms with van der Waals surface area (Å²) in [5.74, 6) is 4.33. The normalized spacial score (nSPS) is 31.4. The highest BCUT2D eigenvalue weighted by Crippen LogP contribution is 2.60. The summed E-state index contributed by atoms with van der Waals surface area (Å²) in [6.07, 6.45) is 5.11. The van der Waals surface area contributed by atoms with Crippen LogP contribution in [-0.4, -0.2) is 39.2 Å². The van der Waals surface area contributed by atoms with Crippen molar-refractivity contribution in [3.63, 3.8) is 0 Å². The van der Waals surface area contributed by atoms with E-state index in [1.807, 2.05) is 35.7 Å². The fourth-order valence-electron chi connectivity index (χ4n) is 6.22. The van der Waals surface area contributed by atoms with Crippen LogP contribution in [-0.2, 0) is 16.1 Å². The number of hydrogen-bond donors (Lipinski definition) is 0. The second-order valence-electron chi connectivity index (χ2n) is 10.6. The Balaban J connectivity index is 1.46. The monoisotopic (exact) mass is 499 g/mol. The van der Waals surface area contributed by atoms with Gasteiger partial charge < -0.3 is 9.15 Å². The molecule has 0 bridgehead atoms. The van der Waals surface area contributed by atoms with Crippen LogP contribution in [0.25, 0.3) is 0 Å². The molecule has 3 aliphatic rings. The zero-order valence-electron chi connectivity index (χ0n) is 20.5. The van der Waals surface area contributed by atoms with E-state index >= 15 is 0 Å². The van der Waals surface area contributed by atoms with Crippen LogP contribution in [0.5, 0.6) is 0 Å². The zero-order chi connectivity index (χ0) is 23.7. The molecular formula is C28H37NO3S2. The number of thioether (sulfide) groups is 2. The van der Waals surface area contributed by atoms with Gasteiger partial charge in [0.1, 0.15) is 22.0 Å². The van der Waals surface area contributed by atoms with Gasteiger partial charge in [0.2, 0.25) is 0 Å². The predicted octanol–water partition coefficient (Wildman–Crippen LogP) is 6.63. The Hall–Kier alpha value is -1.37. The summed E-state index contributed by atoms with van der Waals surface area (Å²) in [5.41, 5.74) is 1.28. The van der Waals surface area contributed by atoms with E-state index in [0.29, 0.717) is 17.8 Å². The Morgan fingerprint density at radius 1 is 1.15 bits per heavy atom. The summed E-state index contributed by atoms with van der Waals surface area (Å²) in [4.78, 5) is 16.7. The second kappa shape index (κ2) is 10.3. The third-order valence-electron chi connectivity index (χ3n) is 7.96. The van der Waals surface area contributed by atoms with Crippen molar-refractivity contribution < 1.29 is 13.9 Å². The lowest BCUT2D eigenvalue weighted by Crippen LogP contribution is -2.45. The van der Waals surface area contributed by atoms with Gasteiger partial charge in [-0.25, -0.2) is 0 Å². The highest BCUT2D eigenvalue weighted by Gasteiger charge is 2.61. The lowest BCUT2D eigenvalue weighted by molar-refractivity contribution is -0.162. The van der Waals surface area contributed by atoms with E-state index in [4.69, 9.17) is 9.15 Å². The molecule has 2 aromatic rings. The highest BCUT2D eigenvalue weighted by atomic mass is 32.2. The number of hydrogen-bond acceptors (Lipinski definition) is 6. The first-order chi connectivity index (χ1) is 16.5. The van der Waals surface area contributed by atoms with Crippen LogP contribution in [0.3, 0.4) is 0 Å². The maximum absolute atomic E-state index is 14.1. The van der Waals surface area contributed by atoms with Crippen LogP contribution < -0.4 is 0 Å². The molecule has 3 heterocycles. The number of likely N-dealkylation sites (tertiary alicyclic amines) is 1. The van der Waals surface area contributed by atoms with Crippen LogP contribution in [0.2, 0.25) is 0 Å². The molecule has 0 amide bonds. The second-order valence-corrected chi connectivity index (χ2v) is 13.5. The minimum Gasteiger partial charge on any atom is -0.469 e. The summed E-state index contributed by atoms with van der Waals surface area (Å²) in [5, 5.41) is 0.